The van der Waals surface area contributed by atoms with Gasteiger partial charge in [-0.3, -0.25) is 9.78 Å². The molecule has 0 aliphatic rings. The standard InChI is InChI=1S/C14H16N2O3/c1-9(2)7-10-3-5-11(6-4-10)19-12-8-15-14(18)16-13(12)17/h3-6,8-9H,7H2,1-2H3,(H2,15,16,17,18). The molecule has 0 unspecified atom stereocenters. The summed E-state index contributed by atoms with van der Waals surface area (Å²) in [6, 6.07) is 7.55. The first kappa shape index (κ1) is 13.1. The Morgan fingerprint density at radius 1 is 1.16 bits per heavy atom. The molecule has 0 amide bonds. The van der Waals surface area contributed by atoms with Crippen molar-refractivity contribution in [2.24, 2.45) is 5.92 Å². The summed E-state index contributed by atoms with van der Waals surface area (Å²) in [5, 5.41) is 0. The largest absolute Gasteiger partial charge is 0.450 e. The van der Waals surface area contributed by atoms with Crippen LogP contribution in [0.2, 0.25) is 0 Å². The maximum atomic E-state index is 11.5. The van der Waals surface area contributed by atoms with Gasteiger partial charge in [0, 0.05) is 0 Å². The molecule has 19 heavy (non-hydrogen) atoms. The summed E-state index contributed by atoms with van der Waals surface area (Å²) in [4.78, 5) is 26.8. The molecule has 0 saturated heterocycles. The van der Waals surface area contributed by atoms with Crippen molar-refractivity contribution in [1.29, 1.82) is 0 Å². The van der Waals surface area contributed by atoms with Gasteiger partial charge in [-0.25, -0.2) is 4.79 Å². The second-order valence-electron chi connectivity index (χ2n) is 4.78. The first-order chi connectivity index (χ1) is 9.04. The van der Waals surface area contributed by atoms with Crippen LogP contribution in [-0.2, 0) is 6.42 Å². The Hall–Kier alpha value is -2.30. The van der Waals surface area contributed by atoms with Crippen LogP contribution in [0.4, 0.5) is 0 Å². The number of hydrogen-bond donors (Lipinski definition) is 2. The molecule has 5 nitrogen and oxygen atoms in total. The molecule has 5 heteroatoms. The normalized spacial score (nSPS) is 10.7. The molecule has 2 aromatic rings. The van der Waals surface area contributed by atoms with E-state index < -0.39 is 11.2 Å². The predicted octanol–water partition coefficient (Wildman–Crippen LogP) is 2.05. The molecule has 0 fully saturated rings. The van der Waals surface area contributed by atoms with Gasteiger partial charge < -0.3 is 9.72 Å². The third kappa shape index (κ3) is 3.58. The number of benzene rings is 1. The van der Waals surface area contributed by atoms with E-state index in [0.29, 0.717) is 11.7 Å². The van der Waals surface area contributed by atoms with E-state index >= 15 is 0 Å². The zero-order valence-electron chi connectivity index (χ0n) is 10.9. The number of aromatic nitrogens is 2. The summed E-state index contributed by atoms with van der Waals surface area (Å²) in [7, 11) is 0. The number of H-pyrrole nitrogens is 2. The summed E-state index contributed by atoms with van der Waals surface area (Å²) in [5.41, 5.74) is 0.123. The second kappa shape index (κ2) is 5.56. The van der Waals surface area contributed by atoms with Crippen LogP contribution in [0.1, 0.15) is 19.4 Å². The molecular formula is C14H16N2O3. The van der Waals surface area contributed by atoms with Crippen LogP contribution >= 0.6 is 0 Å². The van der Waals surface area contributed by atoms with Gasteiger partial charge in [-0.05, 0) is 30.0 Å². The van der Waals surface area contributed by atoms with Crippen LogP contribution in [0, 0.1) is 5.92 Å². The Labute approximate surface area is 110 Å². The first-order valence-electron chi connectivity index (χ1n) is 6.13. The highest BCUT2D eigenvalue weighted by atomic mass is 16.5. The Balaban J connectivity index is 2.15. The highest BCUT2D eigenvalue weighted by Crippen LogP contribution is 2.18. The Morgan fingerprint density at radius 3 is 2.42 bits per heavy atom. The number of aromatic amines is 2. The van der Waals surface area contributed by atoms with Crippen LogP contribution in [0.3, 0.4) is 0 Å². The SMILES string of the molecule is CC(C)Cc1ccc(Oc2c[nH]c(=O)[nH]c2=O)cc1. The predicted molar refractivity (Wildman–Crippen MR) is 72.7 cm³/mol. The minimum Gasteiger partial charge on any atom is -0.450 e. The molecule has 1 aromatic carbocycles. The monoisotopic (exact) mass is 260 g/mol. The molecule has 2 rings (SSSR count). The highest BCUT2D eigenvalue weighted by Gasteiger charge is 2.04. The van der Waals surface area contributed by atoms with Crippen molar-refractivity contribution in [3.63, 3.8) is 0 Å². The minimum absolute atomic E-state index is 0.0659. The van der Waals surface area contributed by atoms with Crippen molar-refractivity contribution in [3.8, 4) is 11.5 Å². The van der Waals surface area contributed by atoms with E-state index in [1.165, 1.54) is 11.8 Å². The van der Waals surface area contributed by atoms with Crippen LogP contribution in [0.25, 0.3) is 0 Å². The fourth-order valence-electron chi connectivity index (χ4n) is 1.77. The maximum absolute atomic E-state index is 11.5. The number of hydrogen-bond acceptors (Lipinski definition) is 3. The van der Waals surface area contributed by atoms with E-state index in [0.717, 1.165) is 6.42 Å². The van der Waals surface area contributed by atoms with E-state index in [9.17, 15) is 9.59 Å². The van der Waals surface area contributed by atoms with Crippen molar-refractivity contribution < 1.29 is 4.74 Å². The smallest absolute Gasteiger partial charge is 0.325 e. The fourth-order valence-corrected chi connectivity index (χ4v) is 1.77. The molecule has 0 bridgehead atoms. The van der Waals surface area contributed by atoms with E-state index in [4.69, 9.17) is 4.74 Å². The first-order valence-corrected chi connectivity index (χ1v) is 6.13. The summed E-state index contributed by atoms with van der Waals surface area (Å²) in [6.07, 6.45) is 2.25. The molecule has 0 saturated carbocycles. The number of ether oxygens (including phenoxy) is 1. The molecule has 1 heterocycles. The maximum Gasteiger partial charge on any atom is 0.325 e. The molecule has 2 N–H and O–H groups in total. The lowest BCUT2D eigenvalue weighted by Crippen LogP contribution is -2.21. The van der Waals surface area contributed by atoms with E-state index in [-0.39, 0.29) is 5.75 Å². The van der Waals surface area contributed by atoms with Crippen molar-refractivity contribution >= 4 is 0 Å². The average Bonchev–Trinajstić information content (AvgIpc) is 2.34. The van der Waals surface area contributed by atoms with Crippen molar-refractivity contribution in [2.75, 3.05) is 0 Å². The van der Waals surface area contributed by atoms with Crippen molar-refractivity contribution in [2.45, 2.75) is 20.3 Å². The molecule has 0 aliphatic carbocycles. The second-order valence-corrected chi connectivity index (χ2v) is 4.78. The van der Waals surface area contributed by atoms with E-state index in [2.05, 4.69) is 23.8 Å². The Morgan fingerprint density at radius 2 is 1.84 bits per heavy atom. The zero-order chi connectivity index (χ0) is 13.8. The third-order valence-corrected chi connectivity index (χ3v) is 2.58. The van der Waals surface area contributed by atoms with Gasteiger partial charge in [0.1, 0.15) is 5.75 Å². The lowest BCUT2D eigenvalue weighted by atomic mass is 10.0. The van der Waals surface area contributed by atoms with Crippen LogP contribution in [-0.4, -0.2) is 9.97 Å². The van der Waals surface area contributed by atoms with E-state index in [1.54, 1.807) is 0 Å². The average molecular weight is 260 g/mol. The topological polar surface area (TPSA) is 75.0 Å². The molecule has 1 aromatic heterocycles. The van der Waals surface area contributed by atoms with Crippen molar-refractivity contribution in [1.82, 2.24) is 9.97 Å². The van der Waals surface area contributed by atoms with Gasteiger partial charge in [0.25, 0.3) is 5.56 Å². The summed E-state index contributed by atoms with van der Waals surface area (Å²) in [6.45, 7) is 4.31. The molecule has 0 aliphatic heterocycles. The summed E-state index contributed by atoms with van der Waals surface area (Å²) >= 11 is 0. The van der Waals surface area contributed by atoms with Crippen LogP contribution < -0.4 is 16.0 Å². The highest BCUT2D eigenvalue weighted by molar-refractivity contribution is 5.31. The molecule has 0 atom stereocenters. The Kier molecular flexibility index (Phi) is 3.85. The van der Waals surface area contributed by atoms with Gasteiger partial charge in [-0.15, -0.1) is 0 Å². The van der Waals surface area contributed by atoms with Gasteiger partial charge in [0.15, 0.2) is 0 Å². The van der Waals surface area contributed by atoms with Gasteiger partial charge in [0.05, 0.1) is 6.20 Å². The molecule has 0 spiro atoms. The molecule has 0 radical (unpaired) electrons. The molecular weight excluding hydrogens is 244 g/mol. The summed E-state index contributed by atoms with van der Waals surface area (Å²) < 4.78 is 5.41. The number of rotatable bonds is 4. The lowest BCUT2D eigenvalue weighted by molar-refractivity contribution is 0.470. The van der Waals surface area contributed by atoms with Crippen LogP contribution in [0.15, 0.2) is 40.1 Å². The minimum atomic E-state index is -0.551. The zero-order valence-corrected chi connectivity index (χ0v) is 10.9. The van der Waals surface area contributed by atoms with Gasteiger partial charge in [-0.1, -0.05) is 26.0 Å². The van der Waals surface area contributed by atoms with Crippen LogP contribution in [0.5, 0.6) is 11.5 Å². The quantitative estimate of drug-likeness (QED) is 0.883. The van der Waals surface area contributed by atoms with Gasteiger partial charge in [-0.2, -0.15) is 0 Å². The van der Waals surface area contributed by atoms with Crippen molar-refractivity contribution in [3.05, 3.63) is 56.9 Å². The number of nitrogens with one attached hydrogen (secondary N) is 2. The lowest BCUT2D eigenvalue weighted by Gasteiger charge is -2.07. The molecule has 100 valence electrons. The van der Waals surface area contributed by atoms with Gasteiger partial charge in [0.2, 0.25) is 5.75 Å². The summed E-state index contributed by atoms with van der Waals surface area (Å²) in [5.74, 6) is 1.22. The van der Waals surface area contributed by atoms with E-state index in [1.807, 2.05) is 24.3 Å². The Bertz CT molecular complexity index is 653. The fraction of sp³-hybridized carbons (Fsp3) is 0.286. The third-order valence-electron chi connectivity index (χ3n) is 2.58. The van der Waals surface area contributed by atoms with Gasteiger partial charge >= 0.3 is 5.69 Å².